The summed E-state index contributed by atoms with van der Waals surface area (Å²) in [6.07, 6.45) is 0.276. The molecule has 174 valence electrons. The normalized spacial score (nSPS) is 18.6. The molecule has 0 aromatic heterocycles. The Bertz CT molecular complexity index is 1230. The first-order chi connectivity index (χ1) is 16.4. The summed E-state index contributed by atoms with van der Waals surface area (Å²) in [6, 6.07) is 20.3. The Hall–Kier alpha value is -4.20. The van der Waals surface area contributed by atoms with Crippen molar-refractivity contribution in [3.8, 4) is 0 Å². The van der Waals surface area contributed by atoms with Crippen LogP contribution in [-0.4, -0.2) is 41.8 Å². The molecule has 3 atom stereocenters. The van der Waals surface area contributed by atoms with E-state index in [0.29, 0.717) is 6.42 Å². The quantitative estimate of drug-likeness (QED) is 0.401. The summed E-state index contributed by atoms with van der Waals surface area (Å²) in [7, 11) is 0. The van der Waals surface area contributed by atoms with E-state index in [9.17, 15) is 19.2 Å². The fourth-order valence-corrected chi connectivity index (χ4v) is 4.08. The van der Waals surface area contributed by atoms with Gasteiger partial charge < -0.3 is 21.7 Å². The maximum absolute atomic E-state index is 12.6. The van der Waals surface area contributed by atoms with Gasteiger partial charge in [-0.25, -0.2) is 0 Å². The van der Waals surface area contributed by atoms with Crippen LogP contribution in [0.25, 0.3) is 10.8 Å². The van der Waals surface area contributed by atoms with E-state index >= 15 is 0 Å². The molecule has 1 saturated heterocycles. The highest BCUT2D eigenvalue weighted by Gasteiger charge is 2.35. The number of hydrogen-bond donors (Lipinski definition) is 4. The van der Waals surface area contributed by atoms with Crippen molar-refractivity contribution in [2.75, 3.05) is 0 Å². The third-order valence-corrected chi connectivity index (χ3v) is 5.87. The fraction of sp³-hybridized carbons (Fsp3) is 0.231. The fourth-order valence-electron chi connectivity index (χ4n) is 4.08. The van der Waals surface area contributed by atoms with Gasteiger partial charge in [0.2, 0.25) is 23.6 Å². The van der Waals surface area contributed by atoms with Crippen LogP contribution in [0, 0.1) is 0 Å². The Morgan fingerprint density at radius 3 is 2.21 bits per heavy atom. The third kappa shape index (κ3) is 5.58. The van der Waals surface area contributed by atoms with Crippen molar-refractivity contribution in [2.45, 2.75) is 37.4 Å². The molecule has 0 bridgehead atoms. The SMILES string of the molecule is NC(=O)[C@@H](Cc1ccc2ccccc2c1)NC(=O)C[C@@H]1NC(=O)[C@H](Cc2ccccc2)NC1=O. The lowest BCUT2D eigenvalue weighted by molar-refractivity contribution is -0.138. The third-order valence-electron chi connectivity index (χ3n) is 5.87. The van der Waals surface area contributed by atoms with Crippen molar-refractivity contribution in [3.05, 3.63) is 83.9 Å². The van der Waals surface area contributed by atoms with Gasteiger partial charge in [0.25, 0.3) is 0 Å². The van der Waals surface area contributed by atoms with Crippen LogP contribution in [0.1, 0.15) is 17.5 Å². The van der Waals surface area contributed by atoms with Crippen molar-refractivity contribution in [3.63, 3.8) is 0 Å². The molecule has 3 aromatic rings. The van der Waals surface area contributed by atoms with E-state index in [-0.39, 0.29) is 18.7 Å². The maximum atomic E-state index is 12.6. The van der Waals surface area contributed by atoms with Crippen LogP contribution in [0.15, 0.2) is 72.8 Å². The summed E-state index contributed by atoms with van der Waals surface area (Å²) in [4.78, 5) is 49.6. The zero-order valence-electron chi connectivity index (χ0n) is 18.5. The van der Waals surface area contributed by atoms with Crippen LogP contribution < -0.4 is 21.7 Å². The van der Waals surface area contributed by atoms with Crippen LogP contribution in [0.3, 0.4) is 0 Å². The summed E-state index contributed by atoms with van der Waals surface area (Å²) < 4.78 is 0. The number of fused-ring (bicyclic) bond motifs is 1. The molecule has 34 heavy (non-hydrogen) atoms. The lowest BCUT2D eigenvalue weighted by Gasteiger charge is -2.29. The minimum absolute atomic E-state index is 0.217. The number of carbonyl (C=O) groups is 4. The second-order valence-corrected chi connectivity index (χ2v) is 8.42. The zero-order valence-corrected chi connectivity index (χ0v) is 18.5. The van der Waals surface area contributed by atoms with Gasteiger partial charge in [0.15, 0.2) is 0 Å². The Labute approximate surface area is 196 Å². The minimum atomic E-state index is -1.02. The summed E-state index contributed by atoms with van der Waals surface area (Å²) in [5, 5.41) is 9.97. The van der Waals surface area contributed by atoms with Gasteiger partial charge in [0, 0.05) is 12.8 Å². The minimum Gasteiger partial charge on any atom is -0.368 e. The number of nitrogens with two attached hydrogens (primary N) is 1. The first kappa shape index (κ1) is 23.0. The second-order valence-electron chi connectivity index (χ2n) is 8.42. The van der Waals surface area contributed by atoms with Gasteiger partial charge in [-0.2, -0.15) is 0 Å². The number of amides is 4. The van der Waals surface area contributed by atoms with E-state index in [1.165, 1.54) is 0 Å². The van der Waals surface area contributed by atoms with E-state index < -0.39 is 35.8 Å². The van der Waals surface area contributed by atoms with Crippen LogP contribution in [0.5, 0.6) is 0 Å². The molecule has 4 rings (SSSR count). The largest absolute Gasteiger partial charge is 0.368 e. The van der Waals surface area contributed by atoms with Crippen molar-refractivity contribution in [1.29, 1.82) is 0 Å². The second kappa shape index (κ2) is 10.2. The predicted octanol–water partition coefficient (Wildman–Crippen LogP) is 0.968. The molecular weight excluding hydrogens is 432 g/mol. The number of primary amides is 1. The average Bonchev–Trinajstić information content (AvgIpc) is 2.82. The summed E-state index contributed by atoms with van der Waals surface area (Å²) >= 11 is 0. The van der Waals surface area contributed by atoms with Gasteiger partial charge in [-0.1, -0.05) is 72.8 Å². The maximum Gasteiger partial charge on any atom is 0.243 e. The molecule has 0 saturated carbocycles. The number of hydrogen-bond acceptors (Lipinski definition) is 4. The Morgan fingerprint density at radius 2 is 1.47 bits per heavy atom. The highest BCUT2D eigenvalue weighted by molar-refractivity contribution is 5.99. The molecule has 0 radical (unpaired) electrons. The molecule has 0 spiro atoms. The molecule has 1 heterocycles. The zero-order chi connectivity index (χ0) is 24.1. The Kier molecular flexibility index (Phi) is 6.87. The summed E-state index contributed by atoms with van der Waals surface area (Å²) in [5.74, 6) is -2.03. The summed E-state index contributed by atoms with van der Waals surface area (Å²) in [5.41, 5.74) is 7.27. The number of piperazine rings is 1. The van der Waals surface area contributed by atoms with E-state index in [4.69, 9.17) is 5.73 Å². The Balaban J connectivity index is 1.35. The highest BCUT2D eigenvalue weighted by atomic mass is 16.2. The van der Waals surface area contributed by atoms with Gasteiger partial charge in [0.05, 0.1) is 6.42 Å². The molecule has 3 aromatic carbocycles. The molecule has 0 unspecified atom stereocenters. The summed E-state index contributed by atoms with van der Waals surface area (Å²) in [6.45, 7) is 0. The van der Waals surface area contributed by atoms with E-state index in [1.54, 1.807) is 0 Å². The van der Waals surface area contributed by atoms with Crippen molar-refractivity contribution in [2.24, 2.45) is 5.73 Å². The van der Waals surface area contributed by atoms with Gasteiger partial charge >= 0.3 is 0 Å². The molecular formula is C26H26N4O4. The van der Waals surface area contributed by atoms with Crippen molar-refractivity contribution >= 4 is 34.4 Å². The topological polar surface area (TPSA) is 130 Å². The average molecular weight is 459 g/mol. The van der Waals surface area contributed by atoms with Crippen LogP contribution >= 0.6 is 0 Å². The standard InChI is InChI=1S/C26H26N4O4/c27-24(32)20(14-17-10-11-18-8-4-5-9-19(18)12-17)28-23(31)15-22-26(34)29-21(25(33)30-22)13-16-6-2-1-3-7-16/h1-12,20-22H,13-15H2,(H2,27,32)(H,28,31)(H,29,34)(H,30,33)/t20-,21+,22+/m1/s1. The van der Waals surface area contributed by atoms with Crippen LogP contribution in [0.2, 0.25) is 0 Å². The highest BCUT2D eigenvalue weighted by Crippen LogP contribution is 2.17. The van der Waals surface area contributed by atoms with Gasteiger partial charge in [-0.3, -0.25) is 19.2 Å². The van der Waals surface area contributed by atoms with Crippen molar-refractivity contribution < 1.29 is 19.2 Å². The van der Waals surface area contributed by atoms with Crippen LogP contribution in [0.4, 0.5) is 0 Å². The Morgan fingerprint density at radius 1 is 0.824 bits per heavy atom. The lowest BCUT2D eigenvalue weighted by Crippen LogP contribution is -2.63. The van der Waals surface area contributed by atoms with Gasteiger partial charge in [-0.05, 0) is 21.9 Å². The predicted molar refractivity (Wildman–Crippen MR) is 127 cm³/mol. The molecule has 4 amide bonds. The monoisotopic (exact) mass is 458 g/mol. The van der Waals surface area contributed by atoms with Gasteiger partial charge in [-0.15, -0.1) is 0 Å². The molecule has 8 nitrogen and oxygen atoms in total. The first-order valence-corrected chi connectivity index (χ1v) is 11.1. The lowest BCUT2D eigenvalue weighted by atomic mass is 10.00. The van der Waals surface area contributed by atoms with Crippen molar-refractivity contribution in [1.82, 2.24) is 16.0 Å². The van der Waals surface area contributed by atoms with E-state index in [1.807, 2.05) is 72.8 Å². The molecule has 1 fully saturated rings. The first-order valence-electron chi connectivity index (χ1n) is 11.1. The number of nitrogens with one attached hydrogen (secondary N) is 3. The smallest absolute Gasteiger partial charge is 0.243 e. The molecule has 0 aliphatic carbocycles. The molecule has 1 aliphatic rings. The van der Waals surface area contributed by atoms with E-state index in [0.717, 1.165) is 21.9 Å². The number of rotatable bonds is 8. The number of carbonyl (C=O) groups excluding carboxylic acids is 4. The number of benzene rings is 3. The molecule has 5 N–H and O–H groups in total. The molecule has 8 heteroatoms. The molecule has 1 aliphatic heterocycles. The van der Waals surface area contributed by atoms with Gasteiger partial charge in [0.1, 0.15) is 18.1 Å². The van der Waals surface area contributed by atoms with E-state index in [2.05, 4.69) is 16.0 Å². The van der Waals surface area contributed by atoms with Crippen LogP contribution in [-0.2, 0) is 32.0 Å².